The molecule has 5 heteroatoms. The summed E-state index contributed by atoms with van der Waals surface area (Å²) >= 11 is 0. The summed E-state index contributed by atoms with van der Waals surface area (Å²) in [7, 11) is 0. The third-order valence-corrected chi connectivity index (χ3v) is 4.67. The van der Waals surface area contributed by atoms with Crippen molar-refractivity contribution in [2.24, 2.45) is 0 Å². The van der Waals surface area contributed by atoms with E-state index in [4.69, 9.17) is 18.6 Å². The molecule has 0 spiro atoms. The van der Waals surface area contributed by atoms with Crippen molar-refractivity contribution in [2.45, 2.75) is 13.3 Å². The van der Waals surface area contributed by atoms with Crippen LogP contribution in [0, 0.1) is 0 Å². The highest BCUT2D eigenvalue weighted by molar-refractivity contribution is 5.82. The van der Waals surface area contributed by atoms with Crippen LogP contribution >= 0.6 is 0 Å². The molecule has 0 bridgehead atoms. The van der Waals surface area contributed by atoms with Crippen molar-refractivity contribution in [1.29, 1.82) is 0 Å². The number of fused-ring (bicyclic) bond motifs is 2. The Labute approximate surface area is 162 Å². The molecule has 140 valence electrons. The van der Waals surface area contributed by atoms with Crippen LogP contribution in [0.25, 0.3) is 33.7 Å². The lowest BCUT2D eigenvalue weighted by molar-refractivity contribution is 0.174. The highest BCUT2D eigenvalue weighted by atomic mass is 16.7. The van der Waals surface area contributed by atoms with E-state index in [9.17, 15) is 0 Å². The van der Waals surface area contributed by atoms with E-state index in [1.807, 2.05) is 60.7 Å². The van der Waals surface area contributed by atoms with Gasteiger partial charge in [0, 0.05) is 5.56 Å². The lowest BCUT2D eigenvalue weighted by atomic mass is 10.0. The molecule has 0 unspecified atom stereocenters. The van der Waals surface area contributed by atoms with Crippen LogP contribution in [0.3, 0.4) is 0 Å². The highest BCUT2D eigenvalue weighted by Gasteiger charge is 2.15. The molecular formula is C23H19NO4. The normalized spacial score (nSPS) is 12.5. The van der Waals surface area contributed by atoms with E-state index < -0.39 is 0 Å². The van der Waals surface area contributed by atoms with Crippen LogP contribution in [0.2, 0.25) is 0 Å². The maximum Gasteiger partial charge on any atom is 0.231 e. The first kappa shape index (κ1) is 16.7. The predicted molar refractivity (Wildman–Crippen MR) is 107 cm³/mol. The molecule has 4 aromatic rings. The topological polar surface area (TPSA) is 53.7 Å². The monoisotopic (exact) mass is 373 g/mol. The van der Waals surface area contributed by atoms with Crippen LogP contribution in [0.1, 0.15) is 13.3 Å². The summed E-state index contributed by atoms with van der Waals surface area (Å²) in [6.45, 7) is 3.07. The summed E-state index contributed by atoms with van der Waals surface area (Å²) in [6.07, 6.45) is 0.985. The number of hydrogen-bond acceptors (Lipinski definition) is 5. The lowest BCUT2D eigenvalue weighted by Gasteiger charge is -2.04. The van der Waals surface area contributed by atoms with Crippen LogP contribution in [0.5, 0.6) is 17.2 Å². The van der Waals surface area contributed by atoms with Gasteiger partial charge >= 0.3 is 0 Å². The average molecular weight is 373 g/mol. The van der Waals surface area contributed by atoms with Crippen molar-refractivity contribution in [1.82, 2.24) is 4.98 Å². The van der Waals surface area contributed by atoms with Gasteiger partial charge < -0.3 is 18.6 Å². The number of oxazole rings is 1. The van der Waals surface area contributed by atoms with Gasteiger partial charge in [-0.05, 0) is 66.1 Å². The molecule has 0 saturated heterocycles. The Morgan fingerprint density at radius 1 is 0.857 bits per heavy atom. The Balaban J connectivity index is 1.45. The fourth-order valence-corrected chi connectivity index (χ4v) is 3.22. The van der Waals surface area contributed by atoms with Crippen molar-refractivity contribution in [3.63, 3.8) is 0 Å². The summed E-state index contributed by atoms with van der Waals surface area (Å²) < 4.78 is 22.5. The third-order valence-electron chi connectivity index (χ3n) is 4.67. The number of benzene rings is 3. The van der Waals surface area contributed by atoms with E-state index >= 15 is 0 Å². The number of rotatable bonds is 5. The minimum Gasteiger partial charge on any atom is -0.494 e. The zero-order valence-corrected chi connectivity index (χ0v) is 15.5. The highest BCUT2D eigenvalue weighted by Crippen LogP contribution is 2.37. The maximum absolute atomic E-state index is 6.02. The van der Waals surface area contributed by atoms with Crippen LogP contribution < -0.4 is 14.2 Å². The van der Waals surface area contributed by atoms with Crippen molar-refractivity contribution in [3.8, 4) is 39.8 Å². The van der Waals surface area contributed by atoms with Crippen molar-refractivity contribution >= 4 is 11.1 Å². The lowest BCUT2D eigenvalue weighted by Crippen LogP contribution is -1.94. The first-order valence-corrected chi connectivity index (χ1v) is 9.34. The van der Waals surface area contributed by atoms with E-state index in [0.29, 0.717) is 12.5 Å². The fraction of sp³-hybridized carbons (Fsp3) is 0.174. The van der Waals surface area contributed by atoms with Gasteiger partial charge in [-0.25, -0.2) is 4.98 Å². The van der Waals surface area contributed by atoms with Gasteiger partial charge in [-0.1, -0.05) is 19.1 Å². The van der Waals surface area contributed by atoms with Crippen molar-refractivity contribution in [3.05, 3.63) is 60.7 Å². The molecule has 0 fully saturated rings. The molecule has 1 aliphatic rings. The van der Waals surface area contributed by atoms with Crippen molar-refractivity contribution < 1.29 is 18.6 Å². The molecule has 0 aliphatic carbocycles. The van der Waals surface area contributed by atoms with E-state index in [1.165, 1.54) is 0 Å². The molecule has 3 aromatic carbocycles. The number of ether oxygens (including phenoxy) is 3. The van der Waals surface area contributed by atoms with Gasteiger partial charge in [0.25, 0.3) is 0 Å². The third kappa shape index (κ3) is 3.05. The van der Waals surface area contributed by atoms with Crippen molar-refractivity contribution in [2.75, 3.05) is 13.4 Å². The smallest absolute Gasteiger partial charge is 0.231 e. The van der Waals surface area contributed by atoms with Gasteiger partial charge in [0.15, 0.2) is 17.1 Å². The number of nitrogens with zero attached hydrogens (tertiary/aromatic N) is 1. The fourth-order valence-electron chi connectivity index (χ4n) is 3.22. The molecule has 2 heterocycles. The Morgan fingerprint density at radius 3 is 2.46 bits per heavy atom. The second-order valence-electron chi connectivity index (χ2n) is 6.64. The second kappa shape index (κ2) is 6.93. The molecule has 0 N–H and O–H groups in total. The largest absolute Gasteiger partial charge is 0.494 e. The zero-order valence-electron chi connectivity index (χ0n) is 15.5. The molecule has 1 aromatic heterocycles. The summed E-state index contributed by atoms with van der Waals surface area (Å²) in [4.78, 5) is 4.62. The van der Waals surface area contributed by atoms with E-state index in [2.05, 4.69) is 11.9 Å². The maximum atomic E-state index is 6.02. The Hall–Kier alpha value is -3.47. The molecular weight excluding hydrogens is 354 g/mol. The Bertz CT molecular complexity index is 1130. The summed E-state index contributed by atoms with van der Waals surface area (Å²) in [5.74, 6) is 2.99. The van der Waals surface area contributed by atoms with E-state index in [-0.39, 0.29) is 6.79 Å². The first-order chi connectivity index (χ1) is 13.8. The van der Waals surface area contributed by atoms with Crippen LogP contribution in [-0.4, -0.2) is 18.4 Å². The van der Waals surface area contributed by atoms with E-state index in [0.717, 1.165) is 51.5 Å². The minimum atomic E-state index is 0.269. The molecule has 0 radical (unpaired) electrons. The van der Waals surface area contributed by atoms with E-state index in [1.54, 1.807) is 0 Å². The summed E-state index contributed by atoms with van der Waals surface area (Å²) in [6, 6.07) is 19.8. The number of hydrogen-bond donors (Lipinski definition) is 0. The predicted octanol–water partition coefficient (Wildman–Crippen LogP) is 5.68. The van der Waals surface area contributed by atoms with Crippen LogP contribution in [0.15, 0.2) is 65.1 Å². The molecule has 0 saturated carbocycles. The Morgan fingerprint density at radius 2 is 1.61 bits per heavy atom. The molecule has 0 atom stereocenters. The summed E-state index contributed by atoms with van der Waals surface area (Å²) in [5.41, 5.74) is 4.57. The Kier molecular flexibility index (Phi) is 4.13. The molecule has 28 heavy (non-hydrogen) atoms. The van der Waals surface area contributed by atoms with Gasteiger partial charge in [-0.3, -0.25) is 0 Å². The number of aromatic nitrogens is 1. The standard InChI is InChI=1S/C23H19NO4/c1-2-11-25-18-7-3-15(4-8-18)23-24-19-9-5-16(12-21(19)28-23)17-6-10-20-22(13-17)27-14-26-20/h3-10,12-13H,2,11,14H2,1H3. The second-order valence-corrected chi connectivity index (χ2v) is 6.64. The summed E-state index contributed by atoms with van der Waals surface area (Å²) in [5, 5.41) is 0. The van der Waals surface area contributed by atoms with Crippen LogP contribution in [-0.2, 0) is 0 Å². The molecule has 5 nitrogen and oxygen atoms in total. The zero-order chi connectivity index (χ0) is 18.9. The van der Waals surface area contributed by atoms with Crippen LogP contribution in [0.4, 0.5) is 0 Å². The van der Waals surface area contributed by atoms with Gasteiger partial charge in [0.1, 0.15) is 11.3 Å². The quantitative estimate of drug-likeness (QED) is 0.450. The molecule has 0 amide bonds. The van der Waals surface area contributed by atoms with Gasteiger partial charge in [-0.15, -0.1) is 0 Å². The first-order valence-electron chi connectivity index (χ1n) is 9.34. The van der Waals surface area contributed by atoms with Gasteiger partial charge in [0.2, 0.25) is 12.7 Å². The molecule has 1 aliphatic heterocycles. The van der Waals surface area contributed by atoms with Gasteiger partial charge in [-0.2, -0.15) is 0 Å². The SMILES string of the molecule is CCCOc1ccc(-c2nc3ccc(-c4ccc5c(c4)OCO5)cc3o2)cc1. The minimum absolute atomic E-state index is 0.269. The molecule has 5 rings (SSSR count). The average Bonchev–Trinajstić information content (AvgIpc) is 3.38. The van der Waals surface area contributed by atoms with Gasteiger partial charge in [0.05, 0.1) is 6.61 Å².